The van der Waals surface area contributed by atoms with Crippen LogP contribution in [0.1, 0.15) is 56.1 Å². The molecule has 1 unspecified atom stereocenters. The number of nitrogens with one attached hydrogen (secondary N) is 1. The number of amides is 1. The van der Waals surface area contributed by atoms with Crippen molar-refractivity contribution >= 4 is 57.3 Å². The highest BCUT2D eigenvalue weighted by molar-refractivity contribution is 8.02. The van der Waals surface area contributed by atoms with Gasteiger partial charge < -0.3 is 14.8 Å². The summed E-state index contributed by atoms with van der Waals surface area (Å²) in [6.07, 6.45) is 1.56. The summed E-state index contributed by atoms with van der Waals surface area (Å²) in [7, 11) is 1.36. The predicted molar refractivity (Wildman–Crippen MR) is 142 cm³/mol. The quantitative estimate of drug-likeness (QED) is 0.297. The fourth-order valence-corrected chi connectivity index (χ4v) is 7.94. The Morgan fingerprint density at radius 3 is 2.64 bits per heavy atom. The van der Waals surface area contributed by atoms with Crippen molar-refractivity contribution in [2.24, 2.45) is 0 Å². The molecule has 0 fully saturated rings. The van der Waals surface area contributed by atoms with Crippen molar-refractivity contribution in [2.75, 3.05) is 19.0 Å². The zero-order valence-corrected chi connectivity index (χ0v) is 22.7. The fourth-order valence-electron chi connectivity index (χ4n) is 4.06. The van der Waals surface area contributed by atoms with Crippen LogP contribution in [-0.4, -0.2) is 36.8 Å². The SMILES string of the molecule is CCOC(=O)c1sc(NC(=O)C(C)Sc2sc3c(c2C(=O)OC)CCc2ccccc2-3)c(C#N)c1C. The van der Waals surface area contributed by atoms with Crippen molar-refractivity contribution < 1.29 is 23.9 Å². The average molecular weight is 541 g/mol. The fraction of sp³-hybridized carbons (Fsp3) is 0.308. The Labute approximate surface area is 221 Å². The zero-order chi connectivity index (χ0) is 26.0. The number of fused-ring (bicyclic) bond motifs is 3. The van der Waals surface area contributed by atoms with Crippen LogP contribution in [0.15, 0.2) is 28.5 Å². The number of hydrogen-bond donors (Lipinski definition) is 1. The Bertz CT molecular complexity index is 1400. The summed E-state index contributed by atoms with van der Waals surface area (Å²) in [6.45, 7) is 5.32. The normalized spacial score (nSPS) is 12.6. The van der Waals surface area contributed by atoms with Crippen LogP contribution in [0.25, 0.3) is 10.4 Å². The second-order valence-electron chi connectivity index (χ2n) is 8.06. The van der Waals surface area contributed by atoms with E-state index < -0.39 is 17.2 Å². The molecule has 0 aliphatic heterocycles. The molecule has 36 heavy (non-hydrogen) atoms. The van der Waals surface area contributed by atoms with Gasteiger partial charge in [-0.15, -0.1) is 34.4 Å². The molecule has 1 aliphatic rings. The Morgan fingerprint density at radius 2 is 1.94 bits per heavy atom. The van der Waals surface area contributed by atoms with Gasteiger partial charge in [-0.2, -0.15) is 5.26 Å². The molecule has 4 rings (SSSR count). The lowest BCUT2D eigenvalue weighted by atomic mass is 9.89. The molecule has 0 spiro atoms. The molecular weight excluding hydrogens is 516 g/mol. The van der Waals surface area contributed by atoms with E-state index >= 15 is 0 Å². The summed E-state index contributed by atoms with van der Waals surface area (Å²) < 4.78 is 10.9. The van der Waals surface area contributed by atoms with Gasteiger partial charge in [0, 0.05) is 4.88 Å². The van der Waals surface area contributed by atoms with E-state index in [1.807, 2.05) is 12.1 Å². The molecule has 2 aromatic heterocycles. The number of esters is 2. The molecule has 1 aromatic carbocycles. The van der Waals surface area contributed by atoms with Crippen molar-refractivity contribution in [3.63, 3.8) is 0 Å². The first-order valence-corrected chi connectivity index (χ1v) is 13.8. The van der Waals surface area contributed by atoms with Gasteiger partial charge in [0.1, 0.15) is 15.9 Å². The number of anilines is 1. The second kappa shape index (κ2) is 10.9. The number of hydrogen-bond acceptors (Lipinski definition) is 9. The zero-order valence-electron chi connectivity index (χ0n) is 20.2. The topological polar surface area (TPSA) is 105 Å². The van der Waals surface area contributed by atoms with Gasteiger partial charge in [-0.3, -0.25) is 4.79 Å². The lowest BCUT2D eigenvalue weighted by Gasteiger charge is -2.16. The molecule has 0 radical (unpaired) electrons. The summed E-state index contributed by atoms with van der Waals surface area (Å²) >= 11 is 3.81. The van der Waals surface area contributed by atoms with Crippen molar-refractivity contribution in [1.29, 1.82) is 5.26 Å². The number of aryl methyl sites for hydroxylation is 1. The molecule has 3 aromatic rings. The lowest BCUT2D eigenvalue weighted by molar-refractivity contribution is -0.115. The standard InChI is InChI=1S/C26H24N2O5S3/c1-5-33-25(31)20-13(2)18(12-27)23(35-20)28-22(29)14(3)34-26-19(24(30)32-4)17-11-10-15-8-6-7-9-16(15)21(17)36-26/h6-9,14H,5,10-11H2,1-4H3,(H,28,29). The maximum Gasteiger partial charge on any atom is 0.348 e. The number of thiophene rings is 2. The lowest BCUT2D eigenvalue weighted by Crippen LogP contribution is -2.22. The van der Waals surface area contributed by atoms with E-state index in [4.69, 9.17) is 9.47 Å². The highest BCUT2D eigenvalue weighted by atomic mass is 32.2. The summed E-state index contributed by atoms with van der Waals surface area (Å²) in [6, 6.07) is 10.2. The maximum absolute atomic E-state index is 13.1. The van der Waals surface area contributed by atoms with Crippen molar-refractivity contribution in [3.05, 3.63) is 57.0 Å². The third-order valence-corrected chi connectivity index (χ3v) is 9.65. The van der Waals surface area contributed by atoms with Crippen LogP contribution in [0.2, 0.25) is 0 Å². The molecule has 7 nitrogen and oxygen atoms in total. The maximum atomic E-state index is 13.1. The monoisotopic (exact) mass is 540 g/mol. The molecule has 1 aliphatic carbocycles. The van der Waals surface area contributed by atoms with Gasteiger partial charge >= 0.3 is 11.9 Å². The minimum Gasteiger partial charge on any atom is -0.465 e. The number of rotatable bonds is 7. The number of methoxy groups -OCH3 is 1. The highest BCUT2D eigenvalue weighted by Crippen LogP contribution is 2.47. The van der Waals surface area contributed by atoms with Crippen LogP contribution in [-0.2, 0) is 27.1 Å². The number of carbonyl (C=O) groups is 3. The predicted octanol–water partition coefficient (Wildman–Crippen LogP) is 5.84. The van der Waals surface area contributed by atoms with Gasteiger partial charge in [0.05, 0.1) is 34.3 Å². The molecule has 1 atom stereocenters. The summed E-state index contributed by atoms with van der Waals surface area (Å²) in [5.41, 5.74) is 4.55. The van der Waals surface area contributed by atoms with Crippen LogP contribution in [0, 0.1) is 18.3 Å². The minimum atomic E-state index is -0.580. The molecule has 0 bridgehead atoms. The smallest absolute Gasteiger partial charge is 0.348 e. The molecule has 0 saturated heterocycles. The number of carbonyl (C=O) groups excluding carboxylic acids is 3. The Hall–Kier alpha value is -3.13. The Morgan fingerprint density at radius 1 is 1.19 bits per heavy atom. The summed E-state index contributed by atoms with van der Waals surface area (Å²) in [5.74, 6) is -1.27. The average Bonchev–Trinajstić information content (AvgIpc) is 3.40. The van der Waals surface area contributed by atoms with Gasteiger partial charge in [-0.05, 0) is 55.9 Å². The molecule has 10 heteroatoms. The van der Waals surface area contributed by atoms with Gasteiger partial charge in [-0.25, -0.2) is 9.59 Å². The van der Waals surface area contributed by atoms with Crippen molar-refractivity contribution in [3.8, 4) is 16.5 Å². The third kappa shape index (κ3) is 4.78. The molecule has 186 valence electrons. The van der Waals surface area contributed by atoms with Gasteiger partial charge in [0.2, 0.25) is 5.91 Å². The van der Waals surface area contributed by atoms with Gasteiger partial charge in [0.15, 0.2) is 0 Å². The highest BCUT2D eigenvalue weighted by Gasteiger charge is 2.31. The molecular formula is C26H24N2O5S3. The molecule has 0 saturated carbocycles. The summed E-state index contributed by atoms with van der Waals surface area (Å²) in [4.78, 5) is 39.5. The van der Waals surface area contributed by atoms with Crippen molar-refractivity contribution in [2.45, 2.75) is 43.1 Å². The van der Waals surface area contributed by atoms with E-state index in [9.17, 15) is 19.6 Å². The molecule has 1 amide bonds. The van der Waals surface area contributed by atoms with E-state index in [1.165, 1.54) is 35.8 Å². The second-order valence-corrected chi connectivity index (χ2v) is 11.7. The van der Waals surface area contributed by atoms with Crippen molar-refractivity contribution in [1.82, 2.24) is 0 Å². The van der Waals surface area contributed by atoms with Crippen LogP contribution in [0.5, 0.6) is 0 Å². The van der Waals surface area contributed by atoms with E-state index in [-0.39, 0.29) is 18.1 Å². The number of ether oxygens (including phenoxy) is 2. The van der Waals surface area contributed by atoms with Crippen LogP contribution < -0.4 is 5.32 Å². The largest absolute Gasteiger partial charge is 0.465 e. The van der Waals surface area contributed by atoms with E-state index in [2.05, 4.69) is 23.5 Å². The number of nitriles is 1. The number of nitrogens with zero attached hydrogens (tertiary/aromatic N) is 1. The number of thioether (sulfide) groups is 1. The van der Waals surface area contributed by atoms with Gasteiger partial charge in [0.25, 0.3) is 0 Å². The van der Waals surface area contributed by atoms with Crippen LogP contribution in [0.3, 0.4) is 0 Å². The van der Waals surface area contributed by atoms with Crippen LogP contribution >= 0.6 is 34.4 Å². The summed E-state index contributed by atoms with van der Waals surface area (Å²) in [5, 5.41) is 12.1. The first kappa shape index (κ1) is 25.9. The van der Waals surface area contributed by atoms with Crippen LogP contribution in [0.4, 0.5) is 5.00 Å². The van der Waals surface area contributed by atoms with E-state index in [0.717, 1.165) is 44.4 Å². The third-order valence-electron chi connectivity index (χ3n) is 5.88. The minimum absolute atomic E-state index is 0.214. The van der Waals surface area contributed by atoms with E-state index in [0.29, 0.717) is 21.0 Å². The molecule has 2 heterocycles. The first-order chi connectivity index (χ1) is 17.3. The Kier molecular flexibility index (Phi) is 7.83. The molecule has 1 N–H and O–H groups in total. The van der Waals surface area contributed by atoms with Gasteiger partial charge in [-0.1, -0.05) is 24.3 Å². The number of benzene rings is 1. The first-order valence-electron chi connectivity index (χ1n) is 11.3. The van der Waals surface area contributed by atoms with E-state index in [1.54, 1.807) is 20.8 Å². The Balaban J connectivity index is 1.61.